The summed E-state index contributed by atoms with van der Waals surface area (Å²) in [6.45, 7) is 0. The molecule has 3 heteroatoms. The third kappa shape index (κ3) is 3.36. The highest BCUT2D eigenvalue weighted by Gasteiger charge is 1.97. The molecule has 0 saturated heterocycles. The van der Waals surface area contributed by atoms with Crippen molar-refractivity contribution in [3.63, 3.8) is 0 Å². The van der Waals surface area contributed by atoms with Gasteiger partial charge in [0.2, 0.25) is 0 Å². The largest absolute Gasteiger partial charge is 0.388 e. The normalized spacial score (nSPS) is 10.0. The van der Waals surface area contributed by atoms with Gasteiger partial charge in [0.15, 0.2) is 0 Å². The molecule has 0 fully saturated rings. The summed E-state index contributed by atoms with van der Waals surface area (Å²) in [5.74, 6) is 0. The third-order valence-electron chi connectivity index (χ3n) is 2.71. The van der Waals surface area contributed by atoms with Crippen LogP contribution in [0.4, 0.5) is 11.4 Å². The van der Waals surface area contributed by atoms with Gasteiger partial charge < -0.3 is 8.85 Å². The average Bonchev–Trinajstić information content (AvgIpc) is 2.40. The van der Waals surface area contributed by atoms with Gasteiger partial charge in [0, 0.05) is 18.4 Å². The fourth-order valence-electron chi connectivity index (χ4n) is 1.71. The molecule has 17 heavy (non-hydrogen) atoms. The van der Waals surface area contributed by atoms with E-state index in [-0.39, 0.29) is 0 Å². The molecule has 0 atom stereocenters. The number of rotatable bonds is 4. The van der Waals surface area contributed by atoms with E-state index < -0.39 is 0 Å². The van der Waals surface area contributed by atoms with Crippen molar-refractivity contribution in [2.45, 2.75) is 6.42 Å². The summed E-state index contributed by atoms with van der Waals surface area (Å²) in [5, 5.41) is 3.12. The number of nitrogens with one attached hydrogen (secondary N) is 2. The Hall–Kier alpha value is -1.23. The van der Waals surface area contributed by atoms with Crippen molar-refractivity contribution in [1.29, 1.82) is 0 Å². The molecule has 2 N–H and O–H groups in total. The molecule has 0 amide bonds. The van der Waals surface area contributed by atoms with Crippen LogP contribution < -0.4 is 8.85 Å². The molecular weight excluding hydrogens is 323 g/mol. The third-order valence-corrected chi connectivity index (χ3v) is 3.34. The molecule has 2 nitrogen and oxygen atoms in total. The van der Waals surface area contributed by atoms with Crippen LogP contribution in [0.25, 0.3) is 0 Å². The molecule has 0 bridgehead atoms. The summed E-state index contributed by atoms with van der Waals surface area (Å²) >= 11 is 2.14. The molecule has 88 valence electrons. The lowest BCUT2D eigenvalue weighted by Gasteiger charge is -2.05. The lowest BCUT2D eigenvalue weighted by Crippen LogP contribution is -1.91. The van der Waals surface area contributed by atoms with Crippen molar-refractivity contribution in [3.8, 4) is 0 Å². The first-order chi connectivity index (χ1) is 8.31. The van der Waals surface area contributed by atoms with Crippen LogP contribution in [-0.4, -0.2) is 7.05 Å². The molecule has 0 aromatic heterocycles. The smallest absolute Gasteiger partial charge is 0.0560 e. The van der Waals surface area contributed by atoms with E-state index in [1.165, 1.54) is 11.1 Å². The Morgan fingerprint density at radius 3 is 1.71 bits per heavy atom. The molecule has 2 aromatic rings. The number of anilines is 2. The Morgan fingerprint density at radius 2 is 1.29 bits per heavy atom. The topological polar surface area (TPSA) is 24.1 Å². The summed E-state index contributed by atoms with van der Waals surface area (Å²) in [6.07, 6.45) is 0.978. The number of hydrogen-bond donors (Lipinski definition) is 2. The monoisotopic (exact) mass is 338 g/mol. The average molecular weight is 338 g/mol. The highest BCUT2D eigenvalue weighted by Crippen LogP contribution is 2.16. The number of benzene rings is 2. The van der Waals surface area contributed by atoms with Gasteiger partial charge in [-0.2, -0.15) is 0 Å². The Bertz CT molecular complexity index is 417. The van der Waals surface area contributed by atoms with Gasteiger partial charge >= 0.3 is 0 Å². The van der Waals surface area contributed by atoms with E-state index >= 15 is 0 Å². The second kappa shape index (κ2) is 5.91. The second-order valence-electron chi connectivity index (χ2n) is 3.92. The van der Waals surface area contributed by atoms with Crippen molar-refractivity contribution in [2.24, 2.45) is 0 Å². The quantitative estimate of drug-likeness (QED) is 0.648. The minimum Gasteiger partial charge on any atom is -0.388 e. The van der Waals surface area contributed by atoms with Gasteiger partial charge in [0.05, 0.1) is 22.9 Å². The van der Waals surface area contributed by atoms with Crippen molar-refractivity contribution in [1.82, 2.24) is 0 Å². The Balaban J connectivity index is 2.08. The molecule has 0 spiro atoms. The van der Waals surface area contributed by atoms with Crippen LogP contribution >= 0.6 is 22.9 Å². The highest BCUT2D eigenvalue weighted by atomic mass is 127. The lowest BCUT2D eigenvalue weighted by molar-refractivity contribution is 1.19. The standard InChI is InChI=1S/C14H15IN2/c1-16-13-6-2-11(3-7-13)10-12-4-8-14(17-15)9-5-12/h2-9,16-17H,10H2,1H3. The molecule has 0 saturated carbocycles. The van der Waals surface area contributed by atoms with Crippen molar-refractivity contribution in [3.05, 3.63) is 59.7 Å². The van der Waals surface area contributed by atoms with Crippen LogP contribution in [0.5, 0.6) is 0 Å². The number of halogens is 1. The van der Waals surface area contributed by atoms with E-state index in [0.29, 0.717) is 0 Å². The molecule has 2 rings (SSSR count). The SMILES string of the molecule is CNc1ccc(Cc2ccc(NI)cc2)cc1. The molecule has 0 unspecified atom stereocenters. The zero-order chi connectivity index (χ0) is 12.1. The Morgan fingerprint density at radius 1 is 0.824 bits per heavy atom. The van der Waals surface area contributed by atoms with Crippen molar-refractivity contribution >= 4 is 34.2 Å². The van der Waals surface area contributed by atoms with Gasteiger partial charge in [-0.15, -0.1) is 0 Å². The van der Waals surface area contributed by atoms with Gasteiger partial charge in [0.25, 0.3) is 0 Å². The summed E-state index contributed by atoms with van der Waals surface area (Å²) in [4.78, 5) is 0. The van der Waals surface area contributed by atoms with Crippen LogP contribution in [-0.2, 0) is 6.42 Å². The van der Waals surface area contributed by atoms with Gasteiger partial charge in [0.1, 0.15) is 0 Å². The fraction of sp³-hybridized carbons (Fsp3) is 0.143. The van der Waals surface area contributed by atoms with Gasteiger partial charge in [-0.1, -0.05) is 24.3 Å². The Labute approximate surface area is 116 Å². The molecule has 0 aliphatic heterocycles. The van der Waals surface area contributed by atoms with E-state index in [0.717, 1.165) is 17.8 Å². The van der Waals surface area contributed by atoms with Crippen LogP contribution in [0.3, 0.4) is 0 Å². The maximum atomic E-state index is 3.12. The lowest BCUT2D eigenvalue weighted by atomic mass is 10.0. The predicted molar refractivity (Wildman–Crippen MR) is 82.9 cm³/mol. The fourth-order valence-corrected chi connectivity index (χ4v) is 2.07. The summed E-state index contributed by atoms with van der Waals surface area (Å²) in [7, 11) is 1.94. The summed E-state index contributed by atoms with van der Waals surface area (Å²) < 4.78 is 3.09. The van der Waals surface area contributed by atoms with Crippen LogP contribution in [0, 0.1) is 0 Å². The van der Waals surface area contributed by atoms with E-state index in [4.69, 9.17) is 0 Å². The first-order valence-electron chi connectivity index (χ1n) is 5.54. The molecular formula is C14H15IN2. The minimum absolute atomic E-state index is 0.978. The molecule has 0 aliphatic carbocycles. The first-order valence-corrected chi connectivity index (χ1v) is 6.62. The first kappa shape index (κ1) is 12.2. The molecule has 2 aromatic carbocycles. The van der Waals surface area contributed by atoms with Gasteiger partial charge in [-0.25, -0.2) is 0 Å². The van der Waals surface area contributed by atoms with Crippen LogP contribution in [0.15, 0.2) is 48.5 Å². The maximum Gasteiger partial charge on any atom is 0.0560 e. The maximum absolute atomic E-state index is 3.12. The molecule has 0 radical (unpaired) electrons. The van der Waals surface area contributed by atoms with E-state index in [1.54, 1.807) is 0 Å². The van der Waals surface area contributed by atoms with Crippen molar-refractivity contribution in [2.75, 3.05) is 15.9 Å². The van der Waals surface area contributed by atoms with E-state index in [9.17, 15) is 0 Å². The summed E-state index contributed by atoms with van der Waals surface area (Å²) in [6, 6.07) is 17.1. The van der Waals surface area contributed by atoms with Crippen LogP contribution in [0.2, 0.25) is 0 Å². The molecule has 0 aliphatic rings. The highest BCUT2D eigenvalue weighted by molar-refractivity contribution is 14.1. The zero-order valence-corrected chi connectivity index (χ0v) is 11.9. The van der Waals surface area contributed by atoms with Crippen LogP contribution in [0.1, 0.15) is 11.1 Å². The minimum atomic E-state index is 0.978. The molecule has 0 heterocycles. The zero-order valence-electron chi connectivity index (χ0n) is 9.70. The predicted octanol–water partition coefficient (Wildman–Crippen LogP) is 4.08. The van der Waals surface area contributed by atoms with Crippen molar-refractivity contribution < 1.29 is 0 Å². The van der Waals surface area contributed by atoms with Gasteiger partial charge in [-0.05, 0) is 41.8 Å². The summed E-state index contributed by atoms with van der Waals surface area (Å²) in [5.41, 5.74) is 4.95. The van der Waals surface area contributed by atoms with E-state index in [2.05, 4.69) is 80.2 Å². The van der Waals surface area contributed by atoms with E-state index in [1.807, 2.05) is 7.05 Å². The van der Waals surface area contributed by atoms with Gasteiger partial charge in [-0.3, -0.25) is 0 Å². The second-order valence-corrected chi connectivity index (χ2v) is 4.45. The Kier molecular flexibility index (Phi) is 4.25. The number of hydrogen-bond acceptors (Lipinski definition) is 2.